The van der Waals surface area contributed by atoms with Crippen LogP contribution in [0, 0.1) is 19.8 Å². The number of aryl methyl sites for hydroxylation is 2. The van der Waals surface area contributed by atoms with Gasteiger partial charge in [0, 0.05) is 18.2 Å². The van der Waals surface area contributed by atoms with Gasteiger partial charge in [0.2, 0.25) is 0 Å². The van der Waals surface area contributed by atoms with Crippen LogP contribution >= 0.6 is 0 Å². The van der Waals surface area contributed by atoms with Gasteiger partial charge in [-0.1, -0.05) is 29.3 Å². The minimum atomic E-state index is 0.555. The third-order valence-electron chi connectivity index (χ3n) is 4.75. The predicted octanol–water partition coefficient (Wildman–Crippen LogP) is 5.02. The molecule has 0 aromatic heterocycles. The first-order valence-corrected chi connectivity index (χ1v) is 7.08. The van der Waals surface area contributed by atoms with Gasteiger partial charge in [0.05, 0.1) is 0 Å². The molecule has 19 heavy (non-hydrogen) atoms. The van der Waals surface area contributed by atoms with Crippen LogP contribution in [0.25, 0.3) is 0 Å². The molecule has 1 aliphatic carbocycles. The lowest BCUT2D eigenvalue weighted by Gasteiger charge is -2.19. The van der Waals surface area contributed by atoms with Gasteiger partial charge in [0.1, 0.15) is 0 Å². The summed E-state index contributed by atoms with van der Waals surface area (Å²) in [4.78, 5) is 0. The number of para-hydroxylation sites is 1. The van der Waals surface area contributed by atoms with E-state index in [1.165, 1.54) is 39.1 Å². The van der Waals surface area contributed by atoms with Crippen molar-refractivity contribution in [3.05, 3.63) is 51.6 Å². The molecular formula is C18H25N. The first-order chi connectivity index (χ1) is 8.93. The third-order valence-corrected chi connectivity index (χ3v) is 4.75. The number of benzene rings is 1. The monoisotopic (exact) mass is 255 g/mol. The maximum Gasteiger partial charge on any atom is 0.0399 e. The largest absolute Gasteiger partial charge is 0.384 e. The molecule has 0 amide bonds. The average molecular weight is 255 g/mol. The van der Waals surface area contributed by atoms with Crippen LogP contribution in [-0.2, 0) is 0 Å². The van der Waals surface area contributed by atoms with Crippen LogP contribution in [0.3, 0.4) is 0 Å². The molecule has 0 fully saturated rings. The van der Waals surface area contributed by atoms with Gasteiger partial charge in [0.15, 0.2) is 0 Å². The maximum atomic E-state index is 3.66. The zero-order valence-electron chi connectivity index (χ0n) is 13.0. The molecule has 0 heterocycles. The van der Waals surface area contributed by atoms with E-state index in [0.29, 0.717) is 5.92 Å². The molecule has 0 saturated carbocycles. The molecule has 1 N–H and O–H groups in total. The summed E-state index contributed by atoms with van der Waals surface area (Å²) >= 11 is 0. The lowest BCUT2D eigenvalue weighted by molar-refractivity contribution is 0.759. The highest BCUT2D eigenvalue weighted by molar-refractivity contribution is 5.57. The van der Waals surface area contributed by atoms with Gasteiger partial charge in [-0.3, -0.25) is 0 Å². The molecule has 1 aromatic carbocycles. The summed E-state index contributed by atoms with van der Waals surface area (Å²) in [5.41, 5.74) is 9.95. The third kappa shape index (κ3) is 2.47. The fourth-order valence-electron chi connectivity index (χ4n) is 3.04. The Bertz CT molecular complexity index is 517. The second kappa shape index (κ2) is 5.24. The minimum absolute atomic E-state index is 0.555. The number of rotatable bonds is 3. The number of nitrogens with one attached hydrogen (secondary N) is 1. The molecular weight excluding hydrogens is 230 g/mol. The van der Waals surface area contributed by atoms with E-state index in [2.05, 4.69) is 65.1 Å². The molecule has 0 bridgehead atoms. The van der Waals surface area contributed by atoms with Crippen LogP contribution in [0.15, 0.2) is 40.5 Å². The Kier molecular flexibility index (Phi) is 3.84. The number of allylic oxidation sites excluding steroid dienone is 2. The Balaban J connectivity index is 2.17. The molecule has 1 heteroatoms. The summed E-state index contributed by atoms with van der Waals surface area (Å²) < 4.78 is 0. The molecule has 2 rings (SSSR count). The second-order valence-electron chi connectivity index (χ2n) is 5.82. The summed E-state index contributed by atoms with van der Waals surface area (Å²) in [6.45, 7) is 14.4. The Morgan fingerprint density at radius 1 is 0.842 bits per heavy atom. The van der Waals surface area contributed by atoms with Gasteiger partial charge in [-0.2, -0.15) is 0 Å². The summed E-state index contributed by atoms with van der Waals surface area (Å²) in [6, 6.07) is 6.47. The van der Waals surface area contributed by atoms with Crippen molar-refractivity contribution in [1.29, 1.82) is 0 Å². The van der Waals surface area contributed by atoms with Crippen LogP contribution in [0.1, 0.15) is 38.8 Å². The van der Waals surface area contributed by atoms with Gasteiger partial charge >= 0.3 is 0 Å². The minimum Gasteiger partial charge on any atom is -0.384 e. The van der Waals surface area contributed by atoms with E-state index in [-0.39, 0.29) is 0 Å². The Labute approximate surface area is 117 Å². The van der Waals surface area contributed by atoms with E-state index in [9.17, 15) is 0 Å². The van der Waals surface area contributed by atoms with Crippen LogP contribution in [0.4, 0.5) is 5.69 Å². The Morgan fingerprint density at radius 3 is 1.79 bits per heavy atom. The van der Waals surface area contributed by atoms with Crippen molar-refractivity contribution in [2.75, 3.05) is 11.9 Å². The molecule has 0 aliphatic heterocycles. The van der Waals surface area contributed by atoms with Crippen LogP contribution in [0.2, 0.25) is 0 Å². The van der Waals surface area contributed by atoms with Crippen molar-refractivity contribution in [3.8, 4) is 0 Å². The average Bonchev–Trinajstić information content (AvgIpc) is 2.55. The summed E-state index contributed by atoms with van der Waals surface area (Å²) in [6.07, 6.45) is 0. The quantitative estimate of drug-likeness (QED) is 0.799. The van der Waals surface area contributed by atoms with Crippen molar-refractivity contribution >= 4 is 5.69 Å². The fourth-order valence-corrected chi connectivity index (χ4v) is 3.04. The SMILES string of the molecule is CC1=C(C)C(CNc2c(C)cccc2C)C(C)=C1C. The normalized spacial score (nSPS) is 16.5. The molecule has 0 atom stereocenters. The predicted molar refractivity (Wildman–Crippen MR) is 84.6 cm³/mol. The standard InChI is InChI=1S/C18H25N/c1-11-8-7-9-12(2)18(11)19-10-17-15(5)13(3)14(4)16(17)6/h7-9,17,19H,10H2,1-6H3. The summed E-state index contributed by atoms with van der Waals surface area (Å²) in [5.74, 6) is 0.555. The highest BCUT2D eigenvalue weighted by Gasteiger charge is 2.24. The van der Waals surface area contributed by atoms with E-state index in [4.69, 9.17) is 0 Å². The highest BCUT2D eigenvalue weighted by atomic mass is 14.9. The smallest absolute Gasteiger partial charge is 0.0399 e. The lowest BCUT2D eigenvalue weighted by atomic mass is 9.96. The summed E-state index contributed by atoms with van der Waals surface area (Å²) in [5, 5.41) is 3.66. The zero-order valence-corrected chi connectivity index (χ0v) is 13.0. The van der Waals surface area contributed by atoms with Crippen molar-refractivity contribution in [2.24, 2.45) is 5.92 Å². The van der Waals surface area contributed by atoms with Crippen LogP contribution in [0.5, 0.6) is 0 Å². The molecule has 0 unspecified atom stereocenters. The van der Waals surface area contributed by atoms with Crippen LogP contribution < -0.4 is 5.32 Å². The van der Waals surface area contributed by atoms with Gasteiger partial charge in [0.25, 0.3) is 0 Å². The van der Waals surface area contributed by atoms with E-state index in [1.807, 2.05) is 0 Å². The first kappa shape index (κ1) is 13.9. The van der Waals surface area contributed by atoms with Crippen molar-refractivity contribution in [1.82, 2.24) is 0 Å². The van der Waals surface area contributed by atoms with Gasteiger partial charge in [-0.05, 0) is 63.8 Å². The second-order valence-corrected chi connectivity index (χ2v) is 5.82. The first-order valence-electron chi connectivity index (χ1n) is 7.08. The number of anilines is 1. The van der Waals surface area contributed by atoms with Gasteiger partial charge < -0.3 is 5.32 Å². The molecule has 0 saturated heterocycles. The summed E-state index contributed by atoms with van der Waals surface area (Å²) in [7, 11) is 0. The lowest BCUT2D eigenvalue weighted by Crippen LogP contribution is -2.16. The van der Waals surface area contributed by atoms with E-state index < -0.39 is 0 Å². The zero-order chi connectivity index (χ0) is 14.2. The van der Waals surface area contributed by atoms with Gasteiger partial charge in [-0.25, -0.2) is 0 Å². The Hall–Kier alpha value is -1.50. The molecule has 1 aliphatic rings. The van der Waals surface area contributed by atoms with Crippen molar-refractivity contribution in [2.45, 2.75) is 41.5 Å². The molecule has 102 valence electrons. The fraction of sp³-hybridized carbons (Fsp3) is 0.444. The molecule has 1 aromatic rings. The maximum absolute atomic E-state index is 3.66. The van der Waals surface area contributed by atoms with Crippen LogP contribution in [-0.4, -0.2) is 6.54 Å². The van der Waals surface area contributed by atoms with E-state index >= 15 is 0 Å². The van der Waals surface area contributed by atoms with E-state index in [1.54, 1.807) is 0 Å². The molecule has 0 spiro atoms. The number of hydrogen-bond donors (Lipinski definition) is 1. The van der Waals surface area contributed by atoms with E-state index in [0.717, 1.165) is 6.54 Å². The topological polar surface area (TPSA) is 12.0 Å². The molecule has 1 nitrogen and oxygen atoms in total. The van der Waals surface area contributed by atoms with Crippen molar-refractivity contribution in [3.63, 3.8) is 0 Å². The van der Waals surface area contributed by atoms with Gasteiger partial charge in [-0.15, -0.1) is 0 Å². The highest BCUT2D eigenvalue weighted by Crippen LogP contribution is 2.36. The number of hydrogen-bond acceptors (Lipinski definition) is 1. The molecule has 0 radical (unpaired) electrons. The van der Waals surface area contributed by atoms with Crippen molar-refractivity contribution < 1.29 is 0 Å². The Morgan fingerprint density at radius 2 is 1.32 bits per heavy atom.